The van der Waals surface area contributed by atoms with Crippen LogP contribution in [0.3, 0.4) is 0 Å². The molecule has 25 heavy (non-hydrogen) atoms. The van der Waals surface area contributed by atoms with Gasteiger partial charge in [0.2, 0.25) is 21.8 Å². The van der Waals surface area contributed by atoms with E-state index in [0.717, 1.165) is 5.56 Å². The monoisotopic (exact) mass is 383 g/mol. The Morgan fingerprint density at radius 1 is 1.08 bits per heavy atom. The minimum absolute atomic E-state index is 0.0116. The molecule has 0 aromatic heterocycles. The molecule has 1 aromatic carbocycles. The van der Waals surface area contributed by atoms with E-state index in [1.165, 1.54) is 16.1 Å². The lowest BCUT2D eigenvalue weighted by atomic mass is 10.2. The highest BCUT2D eigenvalue weighted by Gasteiger charge is 2.31. The highest BCUT2D eigenvalue weighted by Crippen LogP contribution is 2.16. The lowest BCUT2D eigenvalue weighted by Gasteiger charge is -2.34. The largest absolute Gasteiger partial charge is 0.339 e. The van der Waals surface area contributed by atoms with Crippen molar-refractivity contribution in [2.45, 2.75) is 5.75 Å². The molecule has 2 fully saturated rings. The first-order valence-corrected chi connectivity index (χ1v) is 10.9. The Hall–Kier alpha value is -1.58. The summed E-state index contributed by atoms with van der Waals surface area (Å²) in [4.78, 5) is 27.1. The van der Waals surface area contributed by atoms with Crippen molar-refractivity contribution < 1.29 is 18.0 Å². The van der Waals surface area contributed by atoms with Crippen molar-refractivity contribution in [2.75, 3.05) is 44.4 Å². The number of piperazine rings is 1. The summed E-state index contributed by atoms with van der Waals surface area (Å²) in [5, 5.41) is 0. The Labute approximate surface area is 152 Å². The summed E-state index contributed by atoms with van der Waals surface area (Å²) in [5.74, 6) is 0.828. The van der Waals surface area contributed by atoms with Gasteiger partial charge in [-0.2, -0.15) is 4.31 Å². The molecule has 3 rings (SSSR count). The summed E-state index contributed by atoms with van der Waals surface area (Å²) in [7, 11) is -3.39. The van der Waals surface area contributed by atoms with E-state index in [4.69, 9.17) is 0 Å². The highest BCUT2D eigenvalue weighted by atomic mass is 32.2. The molecule has 0 spiro atoms. The van der Waals surface area contributed by atoms with Crippen LogP contribution < -0.4 is 0 Å². The van der Waals surface area contributed by atoms with Crippen molar-refractivity contribution in [3.05, 3.63) is 35.9 Å². The number of rotatable bonds is 5. The fourth-order valence-corrected chi connectivity index (χ4v) is 5.32. The zero-order chi connectivity index (χ0) is 17.9. The third kappa shape index (κ3) is 4.53. The van der Waals surface area contributed by atoms with Gasteiger partial charge in [-0.05, 0) is 5.56 Å². The number of thioether (sulfide) groups is 1. The summed E-state index contributed by atoms with van der Waals surface area (Å²) >= 11 is 1.50. The second-order valence-corrected chi connectivity index (χ2v) is 9.01. The number of amides is 2. The van der Waals surface area contributed by atoms with Crippen molar-refractivity contribution in [3.8, 4) is 0 Å². The van der Waals surface area contributed by atoms with Gasteiger partial charge in [0.1, 0.15) is 6.54 Å². The quantitative estimate of drug-likeness (QED) is 0.726. The molecular weight excluding hydrogens is 362 g/mol. The van der Waals surface area contributed by atoms with Crippen LogP contribution in [-0.2, 0) is 25.4 Å². The summed E-state index contributed by atoms with van der Waals surface area (Å²) < 4.78 is 26.5. The minimum atomic E-state index is -3.39. The number of nitrogens with zero attached hydrogens (tertiary/aromatic N) is 3. The molecule has 0 saturated carbocycles. The van der Waals surface area contributed by atoms with E-state index in [9.17, 15) is 18.0 Å². The number of hydrogen-bond donors (Lipinski definition) is 0. The molecule has 2 heterocycles. The van der Waals surface area contributed by atoms with Gasteiger partial charge in [-0.3, -0.25) is 9.59 Å². The smallest absolute Gasteiger partial charge is 0.242 e. The summed E-state index contributed by atoms with van der Waals surface area (Å²) in [6.45, 7) is 1.40. The van der Waals surface area contributed by atoms with Gasteiger partial charge in [-0.25, -0.2) is 8.42 Å². The molecule has 2 amide bonds. The zero-order valence-electron chi connectivity index (χ0n) is 13.8. The predicted molar refractivity (Wildman–Crippen MR) is 96.3 cm³/mol. The molecule has 2 aliphatic rings. The Morgan fingerprint density at radius 2 is 1.76 bits per heavy atom. The van der Waals surface area contributed by atoms with E-state index >= 15 is 0 Å². The van der Waals surface area contributed by atoms with Gasteiger partial charge in [-0.15, -0.1) is 11.8 Å². The number of benzene rings is 1. The fraction of sp³-hybridized carbons (Fsp3) is 0.500. The Morgan fingerprint density at radius 3 is 2.36 bits per heavy atom. The molecule has 2 saturated heterocycles. The van der Waals surface area contributed by atoms with Crippen molar-refractivity contribution in [3.63, 3.8) is 0 Å². The molecule has 9 heteroatoms. The molecule has 0 unspecified atom stereocenters. The molecule has 0 aliphatic carbocycles. The van der Waals surface area contributed by atoms with Gasteiger partial charge in [0, 0.05) is 26.2 Å². The van der Waals surface area contributed by atoms with Crippen molar-refractivity contribution in [1.82, 2.24) is 14.1 Å². The van der Waals surface area contributed by atoms with Crippen LogP contribution >= 0.6 is 11.8 Å². The van der Waals surface area contributed by atoms with Crippen LogP contribution in [-0.4, -0.2) is 78.7 Å². The van der Waals surface area contributed by atoms with Crippen LogP contribution in [0.5, 0.6) is 0 Å². The average molecular weight is 383 g/mol. The van der Waals surface area contributed by atoms with E-state index in [2.05, 4.69) is 0 Å². The van der Waals surface area contributed by atoms with E-state index < -0.39 is 10.0 Å². The Kier molecular flexibility index (Phi) is 5.65. The fourth-order valence-electron chi connectivity index (χ4n) is 2.90. The molecular formula is C16H21N3O4S2. The van der Waals surface area contributed by atoms with Gasteiger partial charge in [-0.1, -0.05) is 30.3 Å². The molecule has 0 bridgehead atoms. The maximum atomic E-state index is 12.5. The highest BCUT2D eigenvalue weighted by molar-refractivity contribution is 8.00. The molecule has 0 N–H and O–H groups in total. The van der Waals surface area contributed by atoms with E-state index in [0.29, 0.717) is 37.8 Å². The van der Waals surface area contributed by atoms with Gasteiger partial charge in [0.15, 0.2) is 0 Å². The molecule has 2 aliphatic heterocycles. The van der Waals surface area contributed by atoms with Crippen molar-refractivity contribution in [1.29, 1.82) is 0 Å². The number of sulfonamides is 1. The summed E-state index contributed by atoms with van der Waals surface area (Å²) in [6.07, 6.45) is 0. The van der Waals surface area contributed by atoms with Crippen molar-refractivity contribution >= 4 is 33.6 Å². The van der Waals surface area contributed by atoms with E-state index in [-0.39, 0.29) is 24.1 Å². The summed E-state index contributed by atoms with van der Waals surface area (Å²) in [5.41, 5.74) is 0.756. The normalized spacial score (nSPS) is 19.4. The van der Waals surface area contributed by atoms with Gasteiger partial charge in [0.05, 0.1) is 17.4 Å². The first-order chi connectivity index (χ1) is 12.0. The van der Waals surface area contributed by atoms with Crippen LogP contribution in [0.15, 0.2) is 30.3 Å². The number of carbonyl (C=O) groups excluding carboxylic acids is 2. The number of carbonyl (C=O) groups is 2. The van der Waals surface area contributed by atoms with E-state index in [1.54, 1.807) is 21.9 Å². The molecule has 136 valence electrons. The van der Waals surface area contributed by atoms with Crippen molar-refractivity contribution in [2.24, 2.45) is 0 Å². The van der Waals surface area contributed by atoms with Gasteiger partial charge in [0.25, 0.3) is 0 Å². The summed E-state index contributed by atoms with van der Waals surface area (Å²) in [6, 6.07) is 9.08. The standard InChI is InChI=1S/C16H21N3O4S2/c20-15(10-18-13-24-11-16(18)21)17-6-8-19(9-7-17)25(22,23)12-14-4-2-1-3-5-14/h1-5H,6-13H2. The molecule has 1 aromatic rings. The topological polar surface area (TPSA) is 78.0 Å². The van der Waals surface area contributed by atoms with Crippen LogP contribution in [0.1, 0.15) is 5.56 Å². The van der Waals surface area contributed by atoms with Gasteiger partial charge >= 0.3 is 0 Å². The first kappa shape index (κ1) is 18.2. The van der Waals surface area contributed by atoms with E-state index in [1.807, 2.05) is 18.2 Å². The molecule has 7 nitrogen and oxygen atoms in total. The average Bonchev–Trinajstić information content (AvgIpc) is 3.00. The van der Waals surface area contributed by atoms with Crippen LogP contribution in [0, 0.1) is 0 Å². The number of hydrogen-bond acceptors (Lipinski definition) is 5. The second-order valence-electron chi connectivity index (χ2n) is 6.09. The van der Waals surface area contributed by atoms with Crippen LogP contribution in [0.4, 0.5) is 0 Å². The zero-order valence-corrected chi connectivity index (χ0v) is 15.5. The molecule has 0 atom stereocenters. The Bertz CT molecular complexity index is 731. The van der Waals surface area contributed by atoms with Crippen LogP contribution in [0.2, 0.25) is 0 Å². The lowest BCUT2D eigenvalue weighted by Crippen LogP contribution is -2.52. The predicted octanol–water partition coefficient (Wildman–Crippen LogP) is 0.194. The SMILES string of the molecule is O=C(CN1CSCC1=O)N1CCN(S(=O)(=O)Cc2ccccc2)CC1. The maximum Gasteiger partial charge on any atom is 0.242 e. The van der Waals surface area contributed by atoms with Gasteiger partial charge < -0.3 is 9.80 Å². The minimum Gasteiger partial charge on any atom is -0.339 e. The second kappa shape index (κ2) is 7.76. The third-order valence-electron chi connectivity index (χ3n) is 4.33. The first-order valence-electron chi connectivity index (χ1n) is 8.11. The third-order valence-corrected chi connectivity index (χ3v) is 7.12. The van der Waals surface area contributed by atoms with Crippen LogP contribution in [0.25, 0.3) is 0 Å². The maximum absolute atomic E-state index is 12.5. The Balaban J connectivity index is 1.52. The lowest BCUT2D eigenvalue weighted by molar-refractivity contribution is -0.138. The molecule has 0 radical (unpaired) electrons.